The Morgan fingerprint density at radius 2 is 0.844 bits per heavy atom. The van der Waals surface area contributed by atoms with E-state index in [0.29, 0.717) is 19.3 Å². The van der Waals surface area contributed by atoms with E-state index in [1.165, 1.54) is 135 Å². The van der Waals surface area contributed by atoms with Gasteiger partial charge >= 0.3 is 5.97 Å². The number of aliphatic hydroxyl groups excluding tert-OH is 2. The smallest absolute Gasteiger partial charge is 0.306 e. The third-order valence-electron chi connectivity index (χ3n) is 12.1. The third-order valence-corrected chi connectivity index (χ3v) is 12.1. The molecule has 6 nitrogen and oxygen atoms in total. The van der Waals surface area contributed by atoms with Crippen LogP contribution in [0.4, 0.5) is 0 Å². The first kappa shape index (κ1) is 61.3. The Morgan fingerprint density at radius 1 is 0.453 bits per heavy atom. The highest BCUT2D eigenvalue weighted by molar-refractivity contribution is 5.77. The molecule has 0 aliphatic carbocycles. The number of carbonyl (C=O) groups excluding carboxylic acids is 2. The van der Waals surface area contributed by atoms with Crippen molar-refractivity contribution in [2.24, 2.45) is 0 Å². The average Bonchev–Trinajstić information content (AvgIpc) is 3.29. The number of allylic oxidation sites excluding steroid dienone is 12. The lowest BCUT2D eigenvalue weighted by Crippen LogP contribution is -2.46. The number of esters is 1. The lowest BCUT2D eigenvalue weighted by Gasteiger charge is -2.24. The minimum Gasteiger partial charge on any atom is -0.462 e. The summed E-state index contributed by atoms with van der Waals surface area (Å²) in [6, 6.07) is -0.720. The molecule has 1 amide bonds. The average molecular weight is 894 g/mol. The number of carbonyl (C=O) groups is 2. The van der Waals surface area contributed by atoms with E-state index in [4.69, 9.17) is 4.74 Å². The van der Waals surface area contributed by atoms with Gasteiger partial charge in [-0.1, -0.05) is 248 Å². The van der Waals surface area contributed by atoms with Gasteiger partial charge in [-0.2, -0.15) is 0 Å². The van der Waals surface area contributed by atoms with Gasteiger partial charge < -0.3 is 20.3 Å². The fourth-order valence-corrected chi connectivity index (χ4v) is 7.98. The van der Waals surface area contributed by atoms with Crippen molar-refractivity contribution in [2.45, 2.75) is 277 Å². The molecule has 0 saturated carbocycles. The van der Waals surface area contributed by atoms with Crippen molar-refractivity contribution >= 4 is 11.9 Å². The van der Waals surface area contributed by atoms with Gasteiger partial charge in [0.05, 0.1) is 25.2 Å². The van der Waals surface area contributed by atoms with Crippen LogP contribution in [0.25, 0.3) is 0 Å². The fourth-order valence-electron chi connectivity index (χ4n) is 7.98. The molecule has 370 valence electrons. The Kier molecular flexibility index (Phi) is 49.1. The summed E-state index contributed by atoms with van der Waals surface area (Å²) >= 11 is 0. The summed E-state index contributed by atoms with van der Waals surface area (Å²) in [5, 5.41) is 23.8. The highest BCUT2D eigenvalue weighted by atomic mass is 16.5. The number of nitrogens with one attached hydrogen (secondary N) is 1. The van der Waals surface area contributed by atoms with Gasteiger partial charge in [-0.05, 0) is 70.6 Å². The molecule has 0 saturated heterocycles. The van der Waals surface area contributed by atoms with Crippen molar-refractivity contribution < 1.29 is 24.5 Å². The summed E-state index contributed by atoms with van der Waals surface area (Å²) in [4.78, 5) is 26.2. The molecule has 3 unspecified atom stereocenters. The lowest BCUT2D eigenvalue weighted by molar-refractivity contribution is -0.151. The third kappa shape index (κ3) is 45.9. The van der Waals surface area contributed by atoms with E-state index in [1.807, 2.05) is 36.5 Å². The second-order valence-electron chi connectivity index (χ2n) is 18.4. The van der Waals surface area contributed by atoms with Crippen LogP contribution in [0.1, 0.15) is 258 Å². The molecule has 0 fully saturated rings. The molecule has 64 heavy (non-hydrogen) atoms. The summed E-state index contributed by atoms with van der Waals surface area (Å²) in [6.45, 7) is 6.37. The maximum atomic E-state index is 13.2. The zero-order valence-electron chi connectivity index (χ0n) is 42.1. The van der Waals surface area contributed by atoms with Crippen LogP contribution in [0.5, 0.6) is 0 Å². The van der Waals surface area contributed by atoms with Gasteiger partial charge in [0, 0.05) is 6.42 Å². The molecule has 0 radical (unpaired) electrons. The number of amides is 1. The number of ether oxygens (including phenoxy) is 1. The van der Waals surface area contributed by atoms with Crippen LogP contribution in [-0.2, 0) is 14.3 Å². The Morgan fingerprint density at radius 3 is 1.36 bits per heavy atom. The number of hydrogen-bond acceptors (Lipinski definition) is 5. The topological polar surface area (TPSA) is 95.9 Å². The SMILES string of the molecule is CCC/C=C/C=C/C=C/C=C/C=C/CCCCCC(CC(=O)NC(CO)C(O)CCCCCCCCCCCCCCCCCCC)OC(=O)CCCCCCC/C=C\CCCCC. The molecule has 0 aromatic heterocycles. The summed E-state index contributed by atoms with van der Waals surface area (Å²) in [7, 11) is 0. The first-order valence-electron chi connectivity index (χ1n) is 27.2. The van der Waals surface area contributed by atoms with Crippen molar-refractivity contribution in [3.8, 4) is 0 Å². The highest BCUT2D eigenvalue weighted by Crippen LogP contribution is 2.18. The maximum absolute atomic E-state index is 13.2. The highest BCUT2D eigenvalue weighted by Gasteiger charge is 2.24. The van der Waals surface area contributed by atoms with Crippen molar-refractivity contribution in [1.29, 1.82) is 0 Å². The Bertz CT molecular complexity index is 1190. The predicted octanol–water partition coefficient (Wildman–Crippen LogP) is 16.6. The molecule has 0 bridgehead atoms. The molecule has 0 aromatic carbocycles. The lowest BCUT2D eigenvalue weighted by atomic mass is 10.0. The molecule has 3 N–H and O–H groups in total. The zero-order chi connectivity index (χ0) is 46.7. The van der Waals surface area contributed by atoms with Gasteiger partial charge in [-0.15, -0.1) is 0 Å². The summed E-state index contributed by atoms with van der Waals surface area (Å²) in [5.41, 5.74) is 0. The standard InChI is InChI=1S/C58H103NO5/c1-4-7-10-13-16-19-22-25-27-29-31-33-35-38-41-44-47-50-56(61)55(53-60)59-57(62)52-54(64-58(63)51-48-45-42-39-36-24-21-18-15-12-9-6-3)49-46-43-40-37-34-32-30-28-26-23-20-17-14-11-8-5-2/h11,14,17-18,20-21,23,26,28,30,32,34,54-56,60-61H,4-10,12-13,15-16,19,22,24-25,27,29,31,33,35-53H2,1-3H3,(H,59,62)/b14-11+,20-17+,21-18-,26-23+,30-28+,34-32+. The van der Waals surface area contributed by atoms with Crippen LogP contribution < -0.4 is 5.32 Å². The zero-order valence-corrected chi connectivity index (χ0v) is 42.1. The molecule has 0 heterocycles. The molecule has 6 heteroatoms. The first-order valence-corrected chi connectivity index (χ1v) is 27.2. The largest absolute Gasteiger partial charge is 0.462 e. The normalized spacial score (nSPS) is 13.8. The molecule has 0 aliphatic rings. The van der Waals surface area contributed by atoms with Crippen molar-refractivity contribution in [2.75, 3.05) is 6.61 Å². The van der Waals surface area contributed by atoms with Crippen molar-refractivity contribution in [3.63, 3.8) is 0 Å². The van der Waals surface area contributed by atoms with E-state index in [-0.39, 0.29) is 24.9 Å². The molecule has 0 aliphatic heterocycles. The minimum atomic E-state index is -0.804. The second kappa shape index (κ2) is 51.3. The minimum absolute atomic E-state index is 0.0441. The maximum Gasteiger partial charge on any atom is 0.306 e. The van der Waals surface area contributed by atoms with Gasteiger partial charge in [0.2, 0.25) is 5.91 Å². The second-order valence-corrected chi connectivity index (χ2v) is 18.4. The van der Waals surface area contributed by atoms with Gasteiger partial charge in [-0.3, -0.25) is 9.59 Å². The number of rotatable bonds is 48. The van der Waals surface area contributed by atoms with Gasteiger partial charge in [0.1, 0.15) is 6.10 Å². The van der Waals surface area contributed by atoms with Crippen molar-refractivity contribution in [1.82, 2.24) is 5.32 Å². The number of aliphatic hydroxyl groups is 2. The predicted molar refractivity (Wildman–Crippen MR) is 278 cm³/mol. The molecule has 0 rings (SSSR count). The summed E-state index contributed by atoms with van der Waals surface area (Å²) in [6.07, 6.45) is 65.3. The van der Waals surface area contributed by atoms with Crippen LogP contribution in [0.2, 0.25) is 0 Å². The Hall–Kier alpha value is -2.70. The molecular formula is C58H103NO5. The van der Waals surface area contributed by atoms with E-state index in [2.05, 4.69) is 62.5 Å². The molecule has 0 aromatic rings. The van der Waals surface area contributed by atoms with Gasteiger partial charge in [0.25, 0.3) is 0 Å². The van der Waals surface area contributed by atoms with E-state index in [0.717, 1.165) is 77.0 Å². The van der Waals surface area contributed by atoms with Crippen LogP contribution in [0.3, 0.4) is 0 Å². The Labute approximate surface area is 396 Å². The monoisotopic (exact) mass is 894 g/mol. The van der Waals surface area contributed by atoms with Gasteiger partial charge in [0.15, 0.2) is 0 Å². The van der Waals surface area contributed by atoms with E-state index < -0.39 is 18.2 Å². The summed E-state index contributed by atoms with van der Waals surface area (Å²) in [5.74, 6) is -0.525. The van der Waals surface area contributed by atoms with Crippen LogP contribution in [0.15, 0.2) is 72.9 Å². The molecule has 0 spiro atoms. The molecule has 3 atom stereocenters. The van der Waals surface area contributed by atoms with Crippen LogP contribution in [0, 0.1) is 0 Å². The number of unbranched alkanes of at least 4 members (excludes halogenated alkanes) is 28. The van der Waals surface area contributed by atoms with E-state index >= 15 is 0 Å². The fraction of sp³-hybridized carbons (Fsp3) is 0.759. The van der Waals surface area contributed by atoms with Crippen molar-refractivity contribution in [3.05, 3.63) is 72.9 Å². The first-order chi connectivity index (χ1) is 31.5. The summed E-state index contributed by atoms with van der Waals surface area (Å²) < 4.78 is 5.92. The molecular weight excluding hydrogens is 791 g/mol. The van der Waals surface area contributed by atoms with Crippen LogP contribution >= 0.6 is 0 Å². The van der Waals surface area contributed by atoms with E-state index in [1.54, 1.807) is 0 Å². The quantitative estimate of drug-likeness (QED) is 0.0245. The van der Waals surface area contributed by atoms with E-state index in [9.17, 15) is 19.8 Å². The van der Waals surface area contributed by atoms with Crippen LogP contribution in [-0.4, -0.2) is 46.9 Å². The number of hydrogen-bond donors (Lipinski definition) is 3. The Balaban J connectivity index is 4.63. The van der Waals surface area contributed by atoms with Gasteiger partial charge in [-0.25, -0.2) is 0 Å².